The van der Waals surface area contributed by atoms with E-state index in [0.717, 1.165) is 35.3 Å². The summed E-state index contributed by atoms with van der Waals surface area (Å²) in [5.74, 6) is 2.69. The normalized spacial score (nSPS) is 25.5. The molecule has 4 heteroatoms. The Morgan fingerprint density at radius 3 is 2.67 bits per heavy atom. The van der Waals surface area contributed by atoms with Crippen LogP contribution >= 0.6 is 23.2 Å². The van der Waals surface area contributed by atoms with Gasteiger partial charge in [0, 0.05) is 21.7 Å². The van der Waals surface area contributed by atoms with E-state index in [4.69, 9.17) is 27.9 Å². The highest BCUT2D eigenvalue weighted by Gasteiger charge is 2.38. The Kier molecular flexibility index (Phi) is 5.98. The summed E-state index contributed by atoms with van der Waals surface area (Å²) in [4.78, 5) is 0. The number of halogens is 2. The van der Waals surface area contributed by atoms with Gasteiger partial charge in [0.1, 0.15) is 5.75 Å². The number of ether oxygens (including phenoxy) is 1. The van der Waals surface area contributed by atoms with Gasteiger partial charge in [0.2, 0.25) is 0 Å². The number of hydrogen-bond acceptors (Lipinski definition) is 2. The third-order valence-electron chi connectivity index (χ3n) is 7.15. The molecule has 3 unspecified atom stereocenters. The number of benzene rings is 2. The highest BCUT2D eigenvalue weighted by Crippen LogP contribution is 2.51. The van der Waals surface area contributed by atoms with Gasteiger partial charge in [-0.2, -0.15) is 0 Å². The molecular weight excluding hydrogens is 413 g/mol. The van der Waals surface area contributed by atoms with Crippen LogP contribution in [0.5, 0.6) is 5.75 Å². The first-order valence-corrected chi connectivity index (χ1v) is 12.1. The highest BCUT2D eigenvalue weighted by atomic mass is 35.5. The van der Waals surface area contributed by atoms with Crippen LogP contribution in [0.25, 0.3) is 0 Å². The van der Waals surface area contributed by atoms with Crippen molar-refractivity contribution in [3.05, 3.63) is 69.7 Å². The zero-order chi connectivity index (χ0) is 20.5. The lowest BCUT2D eigenvalue weighted by atomic mass is 9.77. The van der Waals surface area contributed by atoms with Crippen molar-refractivity contribution in [3.63, 3.8) is 0 Å². The van der Waals surface area contributed by atoms with Crippen molar-refractivity contribution in [3.8, 4) is 5.75 Å². The predicted octanol–water partition coefficient (Wildman–Crippen LogP) is 8.17. The summed E-state index contributed by atoms with van der Waals surface area (Å²) in [6.45, 7) is 0.823. The van der Waals surface area contributed by atoms with Crippen LogP contribution in [0.1, 0.15) is 68.0 Å². The van der Waals surface area contributed by atoms with Gasteiger partial charge in [-0.1, -0.05) is 73.5 Å². The van der Waals surface area contributed by atoms with Crippen LogP contribution in [-0.4, -0.2) is 6.61 Å². The predicted molar refractivity (Wildman–Crippen MR) is 126 cm³/mol. The van der Waals surface area contributed by atoms with Crippen LogP contribution in [0.2, 0.25) is 10.0 Å². The first kappa shape index (κ1) is 20.3. The minimum absolute atomic E-state index is 0.181. The van der Waals surface area contributed by atoms with Crippen LogP contribution < -0.4 is 10.1 Å². The number of nitrogens with one attached hydrogen (secondary N) is 1. The summed E-state index contributed by atoms with van der Waals surface area (Å²) < 4.78 is 6.18. The molecule has 1 saturated carbocycles. The minimum atomic E-state index is 0.181. The number of anilines is 1. The van der Waals surface area contributed by atoms with E-state index >= 15 is 0 Å². The van der Waals surface area contributed by atoms with E-state index in [1.165, 1.54) is 49.8 Å². The Labute approximate surface area is 189 Å². The van der Waals surface area contributed by atoms with Crippen molar-refractivity contribution in [2.75, 3.05) is 11.9 Å². The van der Waals surface area contributed by atoms with Crippen molar-refractivity contribution in [2.45, 2.75) is 56.9 Å². The maximum atomic E-state index is 6.56. The van der Waals surface area contributed by atoms with Gasteiger partial charge < -0.3 is 10.1 Å². The largest absolute Gasteiger partial charge is 0.494 e. The molecule has 0 bridgehead atoms. The molecule has 2 aromatic rings. The molecule has 3 aliphatic rings. The van der Waals surface area contributed by atoms with Gasteiger partial charge in [0.05, 0.1) is 12.6 Å². The molecule has 0 aromatic heterocycles. The second-order valence-electron chi connectivity index (χ2n) is 9.03. The molecule has 2 aliphatic carbocycles. The second-order valence-corrected chi connectivity index (χ2v) is 9.88. The molecule has 5 rings (SSSR count). The Balaban J connectivity index is 1.33. The zero-order valence-electron chi connectivity index (χ0n) is 17.2. The van der Waals surface area contributed by atoms with Crippen LogP contribution in [-0.2, 0) is 0 Å². The van der Waals surface area contributed by atoms with Crippen LogP contribution in [0.15, 0.2) is 48.6 Å². The summed E-state index contributed by atoms with van der Waals surface area (Å²) in [6, 6.07) is 12.5. The van der Waals surface area contributed by atoms with Gasteiger partial charge in [-0.25, -0.2) is 0 Å². The van der Waals surface area contributed by atoms with E-state index in [-0.39, 0.29) is 6.04 Å². The SMILES string of the molecule is Clc1ccc(C2Nc3ccc(OCCC4CCCCC4)cc3C3C=CCC32)c(Cl)c1. The Hall–Kier alpha value is -1.64. The summed E-state index contributed by atoms with van der Waals surface area (Å²) in [5.41, 5.74) is 3.64. The molecule has 1 fully saturated rings. The second kappa shape index (κ2) is 8.85. The fourth-order valence-corrected chi connectivity index (χ4v) is 6.07. The number of fused-ring (bicyclic) bond motifs is 3. The van der Waals surface area contributed by atoms with Crippen LogP contribution in [0, 0.1) is 11.8 Å². The van der Waals surface area contributed by atoms with E-state index < -0.39 is 0 Å². The van der Waals surface area contributed by atoms with E-state index in [1.54, 1.807) is 0 Å². The molecule has 2 nitrogen and oxygen atoms in total. The molecule has 0 saturated heterocycles. The molecule has 0 amide bonds. The lowest BCUT2D eigenvalue weighted by Gasteiger charge is -2.38. The number of rotatable bonds is 5. The first-order chi connectivity index (χ1) is 14.7. The van der Waals surface area contributed by atoms with Gasteiger partial charge in [0.15, 0.2) is 0 Å². The quantitative estimate of drug-likeness (QED) is 0.472. The lowest BCUT2D eigenvalue weighted by Crippen LogP contribution is -2.29. The molecule has 0 radical (unpaired) electrons. The molecule has 2 aromatic carbocycles. The average molecular weight is 442 g/mol. The van der Waals surface area contributed by atoms with E-state index in [0.29, 0.717) is 16.9 Å². The monoisotopic (exact) mass is 441 g/mol. The summed E-state index contributed by atoms with van der Waals surface area (Å²) in [5, 5.41) is 5.17. The lowest BCUT2D eigenvalue weighted by molar-refractivity contribution is 0.246. The number of allylic oxidation sites excluding steroid dienone is 2. The Morgan fingerprint density at radius 2 is 1.83 bits per heavy atom. The van der Waals surface area contributed by atoms with Gasteiger partial charge >= 0.3 is 0 Å². The number of hydrogen-bond donors (Lipinski definition) is 1. The molecule has 1 N–H and O–H groups in total. The smallest absolute Gasteiger partial charge is 0.119 e. The van der Waals surface area contributed by atoms with E-state index in [9.17, 15) is 0 Å². The van der Waals surface area contributed by atoms with Gasteiger partial charge in [-0.15, -0.1) is 0 Å². The molecule has 3 atom stereocenters. The topological polar surface area (TPSA) is 21.3 Å². The van der Waals surface area contributed by atoms with Gasteiger partial charge in [-0.05, 0) is 66.1 Å². The van der Waals surface area contributed by atoms with Crippen molar-refractivity contribution >= 4 is 28.9 Å². The molecule has 158 valence electrons. The third kappa shape index (κ3) is 4.09. The third-order valence-corrected chi connectivity index (χ3v) is 7.71. The van der Waals surface area contributed by atoms with Gasteiger partial charge in [0.25, 0.3) is 0 Å². The molecular formula is C26H29Cl2NO. The van der Waals surface area contributed by atoms with Crippen molar-refractivity contribution in [1.29, 1.82) is 0 Å². The summed E-state index contributed by atoms with van der Waals surface area (Å²) >= 11 is 12.7. The van der Waals surface area contributed by atoms with Crippen molar-refractivity contribution in [1.82, 2.24) is 0 Å². The maximum Gasteiger partial charge on any atom is 0.119 e. The Morgan fingerprint density at radius 1 is 0.967 bits per heavy atom. The van der Waals surface area contributed by atoms with E-state index in [1.807, 2.05) is 12.1 Å². The fraction of sp³-hybridized carbons (Fsp3) is 0.462. The highest BCUT2D eigenvalue weighted by molar-refractivity contribution is 6.35. The zero-order valence-corrected chi connectivity index (χ0v) is 18.8. The molecule has 1 aliphatic heterocycles. The first-order valence-electron chi connectivity index (χ1n) is 11.3. The van der Waals surface area contributed by atoms with Crippen LogP contribution in [0.3, 0.4) is 0 Å². The average Bonchev–Trinajstić information content (AvgIpc) is 3.25. The summed E-state index contributed by atoms with van der Waals surface area (Å²) in [7, 11) is 0. The Bertz CT molecular complexity index is 935. The van der Waals surface area contributed by atoms with Crippen molar-refractivity contribution in [2.24, 2.45) is 11.8 Å². The fourth-order valence-electron chi connectivity index (χ4n) is 5.54. The van der Waals surface area contributed by atoms with E-state index in [2.05, 4.69) is 41.7 Å². The van der Waals surface area contributed by atoms with Crippen molar-refractivity contribution < 1.29 is 4.74 Å². The summed E-state index contributed by atoms with van der Waals surface area (Å²) in [6.07, 6.45) is 13.8. The standard InChI is InChI=1S/C26H29Cl2NO/c27-18-9-11-22(24(28)15-18)26-21-8-4-7-20(21)23-16-19(10-12-25(23)29-26)30-14-13-17-5-2-1-3-6-17/h4,7,9-12,15-17,20-21,26,29H,1-3,5-6,8,13-14H2. The van der Waals surface area contributed by atoms with Gasteiger partial charge in [-0.3, -0.25) is 0 Å². The molecule has 0 spiro atoms. The molecule has 30 heavy (non-hydrogen) atoms. The molecule has 1 heterocycles. The minimum Gasteiger partial charge on any atom is -0.494 e. The van der Waals surface area contributed by atoms with Crippen LogP contribution in [0.4, 0.5) is 5.69 Å². The maximum absolute atomic E-state index is 6.56.